The first-order chi connectivity index (χ1) is 11.1. The van der Waals surface area contributed by atoms with Crippen LogP contribution in [0.2, 0.25) is 0 Å². The van der Waals surface area contributed by atoms with Gasteiger partial charge in [0.25, 0.3) is 0 Å². The highest BCUT2D eigenvalue weighted by Gasteiger charge is 2.31. The Morgan fingerprint density at radius 1 is 1.30 bits per heavy atom. The van der Waals surface area contributed by atoms with Crippen LogP contribution in [0.5, 0.6) is 0 Å². The lowest BCUT2D eigenvalue weighted by atomic mass is 9.95. The van der Waals surface area contributed by atoms with E-state index < -0.39 is 6.10 Å². The van der Waals surface area contributed by atoms with Crippen LogP contribution in [-0.2, 0) is 14.3 Å². The molecule has 126 valence electrons. The fourth-order valence-corrected chi connectivity index (χ4v) is 3.15. The lowest BCUT2D eigenvalue weighted by Gasteiger charge is -2.29. The van der Waals surface area contributed by atoms with Crippen LogP contribution in [0.15, 0.2) is 24.3 Å². The predicted molar refractivity (Wildman–Crippen MR) is 83.4 cm³/mol. The maximum absolute atomic E-state index is 13.0. The van der Waals surface area contributed by atoms with E-state index in [1.54, 1.807) is 12.1 Å². The van der Waals surface area contributed by atoms with E-state index in [0.29, 0.717) is 26.3 Å². The number of amides is 1. The van der Waals surface area contributed by atoms with E-state index in [9.17, 15) is 9.18 Å². The molecule has 6 heteroatoms. The van der Waals surface area contributed by atoms with Crippen molar-refractivity contribution in [3.05, 3.63) is 35.6 Å². The predicted octanol–water partition coefficient (Wildman–Crippen LogP) is 1.35. The number of carbonyl (C=O) groups excluding carboxylic acids is 1. The van der Waals surface area contributed by atoms with Crippen LogP contribution >= 0.6 is 0 Å². The molecule has 0 aliphatic carbocycles. The molecule has 0 unspecified atom stereocenters. The van der Waals surface area contributed by atoms with Gasteiger partial charge in [-0.25, -0.2) is 4.39 Å². The topological polar surface area (TPSA) is 50.8 Å². The average molecular weight is 322 g/mol. The van der Waals surface area contributed by atoms with E-state index in [0.717, 1.165) is 18.5 Å². The summed E-state index contributed by atoms with van der Waals surface area (Å²) in [6, 6.07) is 6.38. The van der Waals surface area contributed by atoms with Crippen molar-refractivity contribution < 1.29 is 18.7 Å². The summed E-state index contributed by atoms with van der Waals surface area (Å²) in [5.74, 6) is -0.123. The molecule has 0 spiro atoms. The van der Waals surface area contributed by atoms with Crippen molar-refractivity contribution in [1.82, 2.24) is 10.2 Å². The van der Waals surface area contributed by atoms with Crippen LogP contribution in [0, 0.1) is 11.7 Å². The molecular formula is C17H23FN2O3. The number of nitrogens with zero attached hydrogens (tertiary/aromatic N) is 1. The Hall–Kier alpha value is -1.50. The van der Waals surface area contributed by atoms with Crippen LogP contribution in [0.3, 0.4) is 0 Å². The first-order valence-corrected chi connectivity index (χ1v) is 8.08. The summed E-state index contributed by atoms with van der Waals surface area (Å²) in [6.45, 7) is 3.26. The molecule has 5 nitrogen and oxygen atoms in total. The Morgan fingerprint density at radius 3 is 2.83 bits per heavy atom. The van der Waals surface area contributed by atoms with Crippen LogP contribution in [0.25, 0.3) is 0 Å². The second kappa shape index (κ2) is 7.38. The summed E-state index contributed by atoms with van der Waals surface area (Å²) in [4.78, 5) is 14.3. The van der Waals surface area contributed by atoms with E-state index in [1.165, 1.54) is 12.1 Å². The third-order valence-corrected chi connectivity index (χ3v) is 4.51. The van der Waals surface area contributed by atoms with Crippen molar-refractivity contribution in [1.29, 1.82) is 0 Å². The summed E-state index contributed by atoms with van der Waals surface area (Å²) in [5, 5.41) is 2.98. The van der Waals surface area contributed by atoms with Crippen LogP contribution in [0.4, 0.5) is 4.39 Å². The SMILES string of the molecule is CN1CCO[C@H](C(=O)NC[C@@H]2CCO[C@H]2c2ccc(F)cc2)C1. The molecule has 0 radical (unpaired) electrons. The lowest BCUT2D eigenvalue weighted by Crippen LogP contribution is -2.49. The summed E-state index contributed by atoms with van der Waals surface area (Å²) in [5.41, 5.74) is 0.955. The minimum Gasteiger partial charge on any atom is -0.373 e. The maximum atomic E-state index is 13.0. The van der Waals surface area contributed by atoms with Gasteiger partial charge in [-0.1, -0.05) is 12.1 Å². The molecule has 2 saturated heterocycles. The van der Waals surface area contributed by atoms with Gasteiger partial charge in [0, 0.05) is 32.2 Å². The monoisotopic (exact) mass is 322 g/mol. The zero-order valence-electron chi connectivity index (χ0n) is 13.3. The highest BCUT2D eigenvalue weighted by atomic mass is 19.1. The van der Waals surface area contributed by atoms with Crippen molar-refractivity contribution >= 4 is 5.91 Å². The lowest BCUT2D eigenvalue weighted by molar-refractivity contribution is -0.138. The minimum absolute atomic E-state index is 0.0682. The van der Waals surface area contributed by atoms with Crippen molar-refractivity contribution in [2.45, 2.75) is 18.6 Å². The standard InChI is InChI=1S/C17H23FN2O3/c1-20-7-9-22-15(11-20)17(21)19-10-13-6-8-23-16(13)12-2-4-14(18)5-3-12/h2-5,13,15-16H,6-11H2,1H3,(H,19,21)/t13-,15-,16-/m0/s1. The third kappa shape index (κ3) is 4.07. The highest BCUT2D eigenvalue weighted by molar-refractivity contribution is 5.81. The fourth-order valence-electron chi connectivity index (χ4n) is 3.15. The summed E-state index contributed by atoms with van der Waals surface area (Å²) >= 11 is 0. The number of likely N-dealkylation sites (N-methyl/N-ethyl adjacent to an activating group) is 1. The molecule has 1 N–H and O–H groups in total. The van der Waals surface area contributed by atoms with Crippen molar-refractivity contribution in [2.75, 3.05) is 39.9 Å². The normalized spacial score (nSPS) is 28.7. The Kier molecular flexibility index (Phi) is 5.25. The highest BCUT2D eigenvalue weighted by Crippen LogP contribution is 2.34. The molecule has 2 aliphatic rings. The molecule has 0 bridgehead atoms. The van der Waals surface area contributed by atoms with E-state index in [-0.39, 0.29) is 23.7 Å². The van der Waals surface area contributed by atoms with Gasteiger partial charge in [0.15, 0.2) is 0 Å². The number of hydrogen-bond donors (Lipinski definition) is 1. The fraction of sp³-hybridized carbons (Fsp3) is 0.588. The number of halogens is 1. The second-order valence-electron chi connectivity index (χ2n) is 6.26. The van der Waals surface area contributed by atoms with E-state index >= 15 is 0 Å². The molecule has 2 aliphatic heterocycles. The first-order valence-electron chi connectivity index (χ1n) is 8.08. The Balaban J connectivity index is 1.54. The van der Waals surface area contributed by atoms with E-state index in [2.05, 4.69) is 10.2 Å². The number of nitrogens with one attached hydrogen (secondary N) is 1. The van der Waals surface area contributed by atoms with Gasteiger partial charge < -0.3 is 19.7 Å². The smallest absolute Gasteiger partial charge is 0.250 e. The zero-order valence-corrected chi connectivity index (χ0v) is 13.3. The number of morpholine rings is 1. The van der Waals surface area contributed by atoms with Gasteiger partial charge in [0.1, 0.15) is 11.9 Å². The van der Waals surface area contributed by atoms with Gasteiger partial charge in [-0.3, -0.25) is 4.79 Å². The molecule has 1 aromatic rings. The molecule has 3 atom stereocenters. The summed E-state index contributed by atoms with van der Waals surface area (Å²) in [6.07, 6.45) is 0.388. The van der Waals surface area contributed by atoms with E-state index in [1.807, 2.05) is 7.05 Å². The van der Waals surface area contributed by atoms with Crippen molar-refractivity contribution in [2.24, 2.45) is 5.92 Å². The largest absolute Gasteiger partial charge is 0.373 e. The quantitative estimate of drug-likeness (QED) is 0.909. The molecule has 3 rings (SSSR count). The Bertz CT molecular complexity index is 537. The molecule has 1 amide bonds. The van der Waals surface area contributed by atoms with Gasteiger partial charge in [-0.2, -0.15) is 0 Å². The molecule has 2 heterocycles. The van der Waals surface area contributed by atoms with Crippen molar-refractivity contribution in [3.8, 4) is 0 Å². The number of benzene rings is 1. The van der Waals surface area contributed by atoms with Gasteiger partial charge in [0.05, 0.1) is 12.7 Å². The van der Waals surface area contributed by atoms with Gasteiger partial charge in [-0.05, 0) is 31.2 Å². The molecule has 1 aromatic carbocycles. The van der Waals surface area contributed by atoms with Crippen molar-refractivity contribution in [3.63, 3.8) is 0 Å². The summed E-state index contributed by atoms with van der Waals surface area (Å²) < 4.78 is 24.3. The average Bonchev–Trinajstić information content (AvgIpc) is 3.02. The minimum atomic E-state index is -0.402. The number of carbonyl (C=O) groups is 1. The van der Waals surface area contributed by atoms with Gasteiger partial charge in [0.2, 0.25) is 5.91 Å². The van der Waals surface area contributed by atoms with Crippen LogP contribution in [0.1, 0.15) is 18.1 Å². The molecular weight excluding hydrogens is 299 g/mol. The number of rotatable bonds is 4. The third-order valence-electron chi connectivity index (χ3n) is 4.51. The number of hydrogen-bond acceptors (Lipinski definition) is 4. The van der Waals surface area contributed by atoms with Crippen LogP contribution < -0.4 is 5.32 Å². The van der Waals surface area contributed by atoms with Crippen LogP contribution in [-0.4, -0.2) is 56.8 Å². The second-order valence-corrected chi connectivity index (χ2v) is 6.26. The molecule has 2 fully saturated rings. The summed E-state index contributed by atoms with van der Waals surface area (Å²) in [7, 11) is 1.98. The van der Waals surface area contributed by atoms with Gasteiger partial charge >= 0.3 is 0 Å². The first kappa shape index (κ1) is 16.4. The van der Waals surface area contributed by atoms with Gasteiger partial charge in [-0.15, -0.1) is 0 Å². The zero-order chi connectivity index (χ0) is 16.2. The molecule has 0 aromatic heterocycles. The molecule has 0 saturated carbocycles. The maximum Gasteiger partial charge on any atom is 0.250 e. The van der Waals surface area contributed by atoms with E-state index in [4.69, 9.17) is 9.47 Å². The molecule has 23 heavy (non-hydrogen) atoms. The Labute approximate surface area is 135 Å². The Morgan fingerprint density at radius 2 is 2.09 bits per heavy atom. The number of ether oxygens (including phenoxy) is 2.